The molecule has 0 spiro atoms. The second-order valence-corrected chi connectivity index (χ2v) is 5.58. The number of hydrogen-bond acceptors (Lipinski definition) is 5. The number of carbonyl (C=O) groups excluding carboxylic acids is 1. The van der Waals surface area contributed by atoms with Crippen LogP contribution in [0.4, 0.5) is 5.69 Å². The van der Waals surface area contributed by atoms with Gasteiger partial charge in [-0.1, -0.05) is 29.8 Å². The average Bonchev–Trinajstić information content (AvgIpc) is 2.54. The largest absolute Gasteiger partial charge is 0.372 e. The molecule has 0 aliphatic rings. The molecule has 0 radical (unpaired) electrons. The van der Waals surface area contributed by atoms with Gasteiger partial charge in [0, 0.05) is 23.6 Å². The molecule has 2 aromatic carbocycles. The molecule has 3 N–H and O–H groups in total. The van der Waals surface area contributed by atoms with Crippen LogP contribution in [0, 0.1) is 17.0 Å². The third-order valence-corrected chi connectivity index (χ3v) is 3.73. The van der Waals surface area contributed by atoms with E-state index < -0.39 is 0 Å². The normalized spacial score (nSPS) is 9.61. The second kappa shape index (κ2) is 10.4. The number of non-ortho nitro benzene ring substituents is 1. The molecule has 0 aromatic heterocycles. The van der Waals surface area contributed by atoms with Crippen LogP contribution in [0.5, 0.6) is 0 Å². The second-order valence-electron chi connectivity index (χ2n) is 4.62. The molecule has 0 saturated carbocycles. The fraction of sp³-hybridized carbons (Fsp3) is 0.188. The molecule has 2 rings (SSSR count). The summed E-state index contributed by atoms with van der Waals surface area (Å²) in [5.41, 5.74) is 6.64. The summed E-state index contributed by atoms with van der Waals surface area (Å²) in [6.07, 6.45) is 1.09. The molecule has 2 aromatic rings. The van der Waals surface area contributed by atoms with E-state index in [0.29, 0.717) is 0 Å². The van der Waals surface area contributed by atoms with Crippen LogP contribution in [-0.4, -0.2) is 17.9 Å². The van der Waals surface area contributed by atoms with E-state index in [1.165, 1.54) is 10.5 Å². The molecule has 23 heavy (non-hydrogen) atoms. The van der Waals surface area contributed by atoms with Crippen molar-refractivity contribution in [3.63, 3.8) is 0 Å². The fourth-order valence-electron chi connectivity index (χ4n) is 1.72. The lowest BCUT2D eigenvalue weighted by Gasteiger charge is -2.04. The van der Waals surface area contributed by atoms with E-state index in [1.54, 1.807) is 36.2 Å². The molecular weight excluding hydrogens is 314 g/mol. The molecule has 0 saturated heterocycles. The van der Waals surface area contributed by atoms with Gasteiger partial charge in [0.25, 0.3) is 5.69 Å². The van der Waals surface area contributed by atoms with Crippen LogP contribution in [0.15, 0.2) is 53.4 Å². The first-order valence-corrected chi connectivity index (χ1v) is 7.73. The number of nitrogens with zero attached hydrogens (tertiary/aromatic N) is 1. The highest BCUT2D eigenvalue weighted by atomic mass is 32.2. The Morgan fingerprint density at radius 1 is 1.17 bits per heavy atom. The van der Waals surface area contributed by atoms with Gasteiger partial charge in [0.15, 0.2) is 0 Å². The van der Waals surface area contributed by atoms with Crippen LogP contribution in [0.1, 0.15) is 11.1 Å². The Balaban J connectivity index is 0.000000816. The van der Waals surface area contributed by atoms with Crippen LogP contribution in [0.25, 0.3) is 0 Å². The topological polar surface area (TPSA) is 98.3 Å². The van der Waals surface area contributed by atoms with Crippen molar-refractivity contribution in [1.29, 1.82) is 0 Å². The maximum absolute atomic E-state index is 10.5. The van der Waals surface area contributed by atoms with Gasteiger partial charge in [-0.3, -0.25) is 19.6 Å². The third-order valence-electron chi connectivity index (χ3n) is 2.87. The maximum atomic E-state index is 10.5. The molecule has 0 heterocycles. The average molecular weight is 333 g/mol. The van der Waals surface area contributed by atoms with E-state index in [0.717, 1.165) is 18.5 Å². The standard InChI is InChI=1S/C15H16N2O2S.CH3NO/c1-12-2-8-15(9-3-12)20-16-11-10-13-4-6-14(7-5-13)17(18)19;2-1-3/h2-9,16H,10-11H2,1H3;1H,(H2,2,3). The number of carbonyl (C=O) groups is 1. The van der Waals surface area contributed by atoms with Gasteiger partial charge < -0.3 is 5.73 Å². The lowest BCUT2D eigenvalue weighted by molar-refractivity contribution is -0.384. The van der Waals surface area contributed by atoms with Crippen molar-refractivity contribution in [3.8, 4) is 0 Å². The summed E-state index contributed by atoms with van der Waals surface area (Å²) in [6.45, 7) is 2.88. The van der Waals surface area contributed by atoms with E-state index in [4.69, 9.17) is 4.79 Å². The Kier molecular flexibility index (Phi) is 8.41. The van der Waals surface area contributed by atoms with E-state index >= 15 is 0 Å². The highest BCUT2D eigenvalue weighted by molar-refractivity contribution is 7.97. The van der Waals surface area contributed by atoms with E-state index in [1.807, 2.05) is 0 Å². The number of benzene rings is 2. The Morgan fingerprint density at radius 2 is 1.74 bits per heavy atom. The quantitative estimate of drug-likeness (QED) is 0.278. The van der Waals surface area contributed by atoms with Gasteiger partial charge in [-0.25, -0.2) is 0 Å². The lowest BCUT2D eigenvalue weighted by Crippen LogP contribution is -2.08. The van der Waals surface area contributed by atoms with Gasteiger partial charge in [-0.15, -0.1) is 0 Å². The first kappa shape index (κ1) is 18.7. The lowest BCUT2D eigenvalue weighted by atomic mass is 10.1. The monoisotopic (exact) mass is 333 g/mol. The van der Waals surface area contributed by atoms with Gasteiger partial charge in [0.05, 0.1) is 4.92 Å². The molecule has 0 bridgehead atoms. The minimum absolute atomic E-state index is 0.135. The fourth-order valence-corrected chi connectivity index (χ4v) is 2.36. The van der Waals surface area contributed by atoms with E-state index in [2.05, 4.69) is 41.6 Å². The number of amides is 1. The zero-order valence-electron chi connectivity index (χ0n) is 12.8. The van der Waals surface area contributed by atoms with Crippen LogP contribution in [0.2, 0.25) is 0 Å². The van der Waals surface area contributed by atoms with Crippen LogP contribution < -0.4 is 10.5 Å². The van der Waals surface area contributed by atoms with Crippen molar-refractivity contribution < 1.29 is 9.72 Å². The van der Waals surface area contributed by atoms with Gasteiger partial charge in [0.2, 0.25) is 6.41 Å². The Morgan fingerprint density at radius 3 is 2.26 bits per heavy atom. The molecule has 0 unspecified atom stereocenters. The smallest absolute Gasteiger partial charge is 0.269 e. The predicted molar refractivity (Wildman–Crippen MR) is 92.1 cm³/mol. The van der Waals surface area contributed by atoms with Crippen LogP contribution in [-0.2, 0) is 11.2 Å². The van der Waals surface area contributed by atoms with Crippen LogP contribution >= 0.6 is 11.9 Å². The van der Waals surface area contributed by atoms with Gasteiger partial charge in [-0.05, 0) is 43.0 Å². The first-order valence-electron chi connectivity index (χ1n) is 6.92. The molecule has 0 aliphatic heterocycles. The number of nitrogens with one attached hydrogen (secondary N) is 1. The van der Waals surface area contributed by atoms with Crippen molar-refractivity contribution in [3.05, 3.63) is 69.8 Å². The molecule has 122 valence electrons. The number of nitro groups is 1. The van der Waals surface area contributed by atoms with Crippen molar-refractivity contribution in [2.45, 2.75) is 18.2 Å². The SMILES string of the molecule is Cc1ccc(SNCCc2ccc([N+](=O)[O-])cc2)cc1.NC=O. The number of nitro benzene ring substituents is 1. The molecule has 0 atom stereocenters. The molecule has 0 aliphatic carbocycles. The first-order chi connectivity index (χ1) is 11.1. The summed E-state index contributed by atoms with van der Waals surface area (Å²) < 4.78 is 3.29. The molecule has 1 amide bonds. The summed E-state index contributed by atoms with van der Waals surface area (Å²) in [4.78, 5) is 19.9. The highest BCUT2D eigenvalue weighted by Gasteiger charge is 2.03. The number of hydrogen-bond donors (Lipinski definition) is 2. The summed E-state index contributed by atoms with van der Waals surface area (Å²) >= 11 is 1.60. The number of rotatable bonds is 6. The molecular formula is C16H19N3O3S. The maximum Gasteiger partial charge on any atom is 0.269 e. The Labute approximate surface area is 139 Å². The summed E-state index contributed by atoms with van der Waals surface area (Å²) in [5.74, 6) is 0. The summed E-state index contributed by atoms with van der Waals surface area (Å²) in [5, 5.41) is 10.5. The number of nitrogens with two attached hydrogens (primary N) is 1. The zero-order valence-corrected chi connectivity index (χ0v) is 13.6. The highest BCUT2D eigenvalue weighted by Crippen LogP contribution is 2.15. The van der Waals surface area contributed by atoms with Gasteiger partial charge in [-0.2, -0.15) is 0 Å². The number of primary amides is 1. The van der Waals surface area contributed by atoms with Crippen molar-refractivity contribution in [2.75, 3.05) is 6.54 Å². The Bertz CT molecular complexity index is 615. The minimum atomic E-state index is -0.380. The summed E-state index contributed by atoms with van der Waals surface area (Å²) in [7, 11) is 0. The van der Waals surface area contributed by atoms with Gasteiger partial charge >= 0.3 is 0 Å². The van der Waals surface area contributed by atoms with Gasteiger partial charge in [0.1, 0.15) is 0 Å². The van der Waals surface area contributed by atoms with E-state index in [-0.39, 0.29) is 17.0 Å². The van der Waals surface area contributed by atoms with E-state index in [9.17, 15) is 10.1 Å². The number of aryl methyl sites for hydroxylation is 1. The van der Waals surface area contributed by atoms with Crippen molar-refractivity contribution in [2.24, 2.45) is 5.73 Å². The third kappa shape index (κ3) is 7.44. The van der Waals surface area contributed by atoms with Crippen molar-refractivity contribution >= 4 is 24.0 Å². The minimum Gasteiger partial charge on any atom is -0.372 e. The molecule has 0 fully saturated rings. The zero-order chi connectivity index (χ0) is 17.1. The Hall–Kier alpha value is -2.38. The predicted octanol–water partition coefficient (Wildman–Crippen LogP) is 2.84. The molecule has 7 heteroatoms. The molecule has 6 nitrogen and oxygen atoms in total. The van der Waals surface area contributed by atoms with Crippen LogP contribution in [0.3, 0.4) is 0 Å². The van der Waals surface area contributed by atoms with Crippen molar-refractivity contribution in [1.82, 2.24) is 4.72 Å². The summed E-state index contributed by atoms with van der Waals surface area (Å²) in [6, 6.07) is 15.0.